The van der Waals surface area contributed by atoms with E-state index in [-0.39, 0.29) is 0 Å². The lowest BCUT2D eigenvalue weighted by molar-refractivity contribution is 1.18. The Hall–Kier alpha value is -19.9. The second kappa shape index (κ2) is 30.3. The minimum absolute atomic E-state index is 0.653. The number of fused-ring (bicyclic) bond motifs is 4. The van der Waals surface area contributed by atoms with Crippen molar-refractivity contribution in [2.45, 2.75) is 0 Å². The molecule has 0 unspecified atom stereocenters. The molecule has 0 aliphatic rings. The summed E-state index contributed by atoms with van der Waals surface area (Å²) in [5.41, 5.74) is 30.3. The molecule has 34 aromatic rings. The molecule has 146 heavy (non-hydrogen) atoms. The van der Waals surface area contributed by atoms with Gasteiger partial charge in [0.1, 0.15) is 0 Å². The van der Waals surface area contributed by atoms with Gasteiger partial charge in [0, 0.05) is 98.2 Å². The summed E-state index contributed by atoms with van der Waals surface area (Å²) in [4.78, 5) is 0. The van der Waals surface area contributed by atoms with Gasteiger partial charge in [0.15, 0.2) is 0 Å². The van der Waals surface area contributed by atoms with Gasteiger partial charge in [0.25, 0.3) is 0 Å². The fourth-order valence-electron chi connectivity index (χ4n) is 26.0. The summed E-state index contributed by atoms with van der Waals surface area (Å²) in [5, 5.41) is 59.6. The zero-order valence-corrected chi connectivity index (χ0v) is 78.6. The summed E-state index contributed by atoms with van der Waals surface area (Å²) >= 11 is 0. The first kappa shape index (κ1) is 80.0. The smallest absolute Gasteiger partial charge is 0.0991 e. The highest BCUT2D eigenvalue weighted by molar-refractivity contribution is 6.36. The molecule has 28 aromatic carbocycles. The molecule has 0 atom stereocenters. The summed E-state index contributed by atoms with van der Waals surface area (Å²) in [6, 6.07) is 177. The third kappa shape index (κ3) is 11.2. The van der Waals surface area contributed by atoms with E-state index in [0.29, 0.717) is 11.1 Å². The van der Waals surface area contributed by atoms with Crippen molar-refractivity contribution in [3.63, 3.8) is 0 Å². The van der Waals surface area contributed by atoms with Crippen LogP contribution in [0.5, 0.6) is 0 Å². The van der Waals surface area contributed by atoms with E-state index >= 15 is 0 Å². The van der Waals surface area contributed by atoms with Gasteiger partial charge >= 0.3 is 0 Å². The topological polar surface area (TPSA) is 77.2 Å². The van der Waals surface area contributed by atoms with E-state index in [9.17, 15) is 10.5 Å². The first-order chi connectivity index (χ1) is 72.4. The Kier molecular flexibility index (Phi) is 16.6. The number of rotatable bonds is 9. The van der Waals surface area contributed by atoms with Crippen LogP contribution in [0.1, 0.15) is 11.1 Å². The van der Waals surface area contributed by atoms with Crippen LogP contribution in [0.4, 0.5) is 0 Å². The van der Waals surface area contributed by atoms with Crippen molar-refractivity contribution in [3.8, 4) is 79.6 Å². The molecule has 8 heteroatoms. The Balaban J connectivity index is 0.0000000977. The van der Waals surface area contributed by atoms with Crippen molar-refractivity contribution >= 4 is 239 Å². The molecular formula is C138H78N8. The SMILES string of the molecule is N#Cc1ccc(-n2c3cccc4ccc5c(-c6ccc7c8c6ccc6cccc(c68)n7-c6ccc(C#N)cc6)ccc2c5c43)cc1.c1ccc2c(-n3c4cccc5ccc6c(-c7ccc8c9c7ccc7cccc(c79)n8-c7cccc8ccccc78)ccc3c6c54)cccc2c1.c1ccc2cc(-n3c4cccc5ccc6c(-c7ccc8c9c7ccc7cccc(c79)n8-c7ccc8ccccc8c7)ccc3c6c54)ccc2c1. The van der Waals surface area contributed by atoms with Gasteiger partial charge in [-0.15, -0.1) is 0 Å². The van der Waals surface area contributed by atoms with E-state index in [1.165, 1.54) is 273 Å². The number of nitriles is 2. The second-order valence-electron chi connectivity index (χ2n) is 39.4. The zero-order valence-electron chi connectivity index (χ0n) is 78.6. The summed E-state index contributed by atoms with van der Waals surface area (Å²) in [6.45, 7) is 0. The van der Waals surface area contributed by atoms with E-state index < -0.39 is 0 Å². The van der Waals surface area contributed by atoms with Crippen LogP contribution in [-0.2, 0) is 0 Å². The highest BCUT2D eigenvalue weighted by Crippen LogP contribution is 2.54. The van der Waals surface area contributed by atoms with Crippen LogP contribution in [0.2, 0.25) is 0 Å². The zero-order chi connectivity index (χ0) is 95.5. The molecule has 0 N–H and O–H groups in total. The van der Waals surface area contributed by atoms with E-state index in [4.69, 9.17) is 0 Å². The highest BCUT2D eigenvalue weighted by Gasteiger charge is 2.30. The first-order valence-corrected chi connectivity index (χ1v) is 50.0. The van der Waals surface area contributed by atoms with Crippen LogP contribution in [0, 0.1) is 22.7 Å². The Bertz CT molecular complexity index is 10900. The largest absolute Gasteiger partial charge is 0.309 e. The highest BCUT2D eigenvalue weighted by atomic mass is 15.0. The van der Waals surface area contributed by atoms with Crippen molar-refractivity contribution < 1.29 is 0 Å². The third-order valence-electron chi connectivity index (χ3n) is 32.1. The number of hydrogen-bond donors (Lipinski definition) is 0. The van der Waals surface area contributed by atoms with Gasteiger partial charge in [0.05, 0.1) is 101 Å². The molecule has 34 rings (SSSR count). The maximum absolute atomic E-state index is 9.39. The lowest BCUT2D eigenvalue weighted by Gasteiger charge is -2.14. The lowest BCUT2D eigenvalue weighted by Crippen LogP contribution is -1.95. The van der Waals surface area contributed by atoms with Crippen molar-refractivity contribution in [1.82, 2.24) is 27.4 Å². The Labute approximate surface area is 834 Å². The summed E-state index contributed by atoms with van der Waals surface area (Å²) in [7, 11) is 0. The predicted octanol–water partition coefficient (Wildman–Crippen LogP) is 36.5. The van der Waals surface area contributed by atoms with E-state index in [1.54, 1.807) is 0 Å². The molecule has 670 valence electrons. The van der Waals surface area contributed by atoms with Gasteiger partial charge in [-0.05, 0) is 288 Å². The normalized spacial score (nSPS) is 12.2. The molecule has 0 bridgehead atoms. The molecule has 0 radical (unpaired) electrons. The number of nitrogens with zero attached hydrogens (tertiary/aromatic N) is 8. The number of benzene rings is 28. The van der Waals surface area contributed by atoms with Crippen LogP contribution in [0.25, 0.3) is 306 Å². The van der Waals surface area contributed by atoms with Gasteiger partial charge < -0.3 is 27.4 Å². The van der Waals surface area contributed by atoms with Crippen molar-refractivity contribution in [3.05, 3.63) is 484 Å². The predicted molar refractivity (Wildman–Crippen MR) is 613 cm³/mol. The van der Waals surface area contributed by atoms with Crippen LogP contribution in [-0.4, -0.2) is 27.4 Å². The molecule has 6 heterocycles. The number of hydrogen-bond acceptors (Lipinski definition) is 2. The summed E-state index contributed by atoms with van der Waals surface area (Å²) in [6.07, 6.45) is 0. The van der Waals surface area contributed by atoms with Crippen LogP contribution in [0.15, 0.2) is 473 Å². The van der Waals surface area contributed by atoms with E-state index in [2.05, 4.69) is 464 Å². The Morgan fingerprint density at radius 3 is 0.616 bits per heavy atom. The number of aromatic nitrogens is 6. The third-order valence-corrected chi connectivity index (χ3v) is 32.1. The first-order valence-electron chi connectivity index (χ1n) is 50.0. The molecule has 0 aliphatic carbocycles. The van der Waals surface area contributed by atoms with Crippen LogP contribution < -0.4 is 0 Å². The molecule has 6 aromatic heterocycles. The average molecular weight is 1850 g/mol. The van der Waals surface area contributed by atoms with Gasteiger partial charge in [-0.25, -0.2) is 0 Å². The van der Waals surface area contributed by atoms with Crippen LogP contribution >= 0.6 is 0 Å². The minimum atomic E-state index is 0.653. The van der Waals surface area contributed by atoms with Gasteiger partial charge in [0.2, 0.25) is 0 Å². The molecule has 0 amide bonds. The summed E-state index contributed by atoms with van der Waals surface area (Å²) in [5.74, 6) is 0. The Morgan fingerprint density at radius 2 is 0.336 bits per heavy atom. The quantitative estimate of drug-likeness (QED) is 0.135. The van der Waals surface area contributed by atoms with Crippen LogP contribution in [0.3, 0.4) is 0 Å². The minimum Gasteiger partial charge on any atom is -0.309 e. The average Bonchev–Trinajstić information content (AvgIpc) is 1.52. The molecule has 0 aliphatic heterocycles. The molecule has 0 saturated heterocycles. The van der Waals surface area contributed by atoms with Crippen molar-refractivity contribution in [1.29, 1.82) is 10.5 Å². The van der Waals surface area contributed by atoms with Gasteiger partial charge in [-0.3, -0.25) is 0 Å². The molecule has 0 fully saturated rings. The summed E-state index contributed by atoms with van der Waals surface area (Å²) < 4.78 is 14.5. The van der Waals surface area contributed by atoms with Crippen molar-refractivity contribution in [2.24, 2.45) is 0 Å². The van der Waals surface area contributed by atoms with Gasteiger partial charge in [-0.1, -0.05) is 315 Å². The standard InChI is InChI=1S/2C48H28N2.C42H22N4/c1-3-15-33-29(9-1)11-5-17-39(33)49-41-19-7-13-31-21-23-37-35(25-27-43(49)47(37)45(31)41)36-26-28-44-48-38(36)24-22-32-14-8-20-42(46(32)48)50(44)40-18-6-12-30-10-2-4-16-34(30)40;1-3-9-33-27-35(19-15-29(33)7-1)49-41-13-5-11-31-17-21-39-37(23-25-43(49)47(39)45(31)41)38-24-26-44-48-40(38)22-18-32-12-6-14-42(46(32)48)50(44)36-20-16-30-8-2-4-10-34(30)28-36;43-23-25-7-13-29(14-8-25)45-35-5-1-3-27-11-17-33-31(19-21-37(45)41(33)39(27)35)32-20-22-38-42-34(32)18-12-28-4-2-6-36(40(28)42)46(38)30-15-9-26(24-44)10-16-30/h2*1-28H;1-22H. The maximum Gasteiger partial charge on any atom is 0.0991 e. The monoisotopic (exact) mass is 1850 g/mol. The maximum atomic E-state index is 9.39. The van der Waals surface area contributed by atoms with Crippen molar-refractivity contribution in [2.75, 3.05) is 0 Å². The fourth-order valence-corrected chi connectivity index (χ4v) is 26.0. The fraction of sp³-hybridized carbons (Fsp3) is 0. The lowest BCUT2D eigenvalue weighted by atomic mass is 9.90. The second-order valence-corrected chi connectivity index (χ2v) is 39.4. The molecular weight excluding hydrogens is 1770 g/mol. The van der Waals surface area contributed by atoms with E-state index in [0.717, 1.165) is 33.4 Å². The Morgan fingerprint density at radius 1 is 0.130 bits per heavy atom. The molecule has 8 nitrogen and oxygen atoms in total. The van der Waals surface area contributed by atoms with E-state index in [1.807, 2.05) is 48.5 Å². The molecule has 0 spiro atoms. The molecule has 0 saturated carbocycles. The van der Waals surface area contributed by atoms with Gasteiger partial charge in [-0.2, -0.15) is 10.5 Å².